The number of phenols is 1. The van der Waals surface area contributed by atoms with E-state index < -0.39 is 0 Å². The third kappa shape index (κ3) is 2.16. The van der Waals surface area contributed by atoms with E-state index in [1.54, 1.807) is 30.0 Å². The Balaban J connectivity index is 2.18. The van der Waals surface area contributed by atoms with E-state index in [0.717, 1.165) is 0 Å². The highest BCUT2D eigenvalue weighted by Crippen LogP contribution is 2.24. The molecule has 5 nitrogen and oxygen atoms in total. The molecule has 3 N–H and O–H groups in total. The van der Waals surface area contributed by atoms with Gasteiger partial charge in [0, 0.05) is 24.2 Å². The lowest BCUT2D eigenvalue weighted by molar-refractivity contribution is -0.121. The fourth-order valence-electron chi connectivity index (χ4n) is 2.20. The highest BCUT2D eigenvalue weighted by Gasteiger charge is 2.30. The van der Waals surface area contributed by atoms with Crippen molar-refractivity contribution in [2.75, 3.05) is 13.1 Å². The summed E-state index contributed by atoms with van der Waals surface area (Å²) in [5, 5.41) is 9.59. The summed E-state index contributed by atoms with van der Waals surface area (Å²) in [6.45, 7) is 2.59. The molecule has 0 bridgehead atoms. The first-order chi connectivity index (χ1) is 8.50. The molecule has 1 heterocycles. The van der Waals surface area contributed by atoms with Gasteiger partial charge in [-0.15, -0.1) is 0 Å². The van der Waals surface area contributed by atoms with Gasteiger partial charge in [0.1, 0.15) is 5.75 Å². The molecule has 2 amide bonds. The van der Waals surface area contributed by atoms with E-state index in [0.29, 0.717) is 30.6 Å². The van der Waals surface area contributed by atoms with Crippen molar-refractivity contribution in [1.29, 1.82) is 0 Å². The molecule has 1 unspecified atom stereocenters. The van der Waals surface area contributed by atoms with E-state index in [1.165, 1.54) is 0 Å². The Bertz CT molecular complexity index is 499. The third-order valence-corrected chi connectivity index (χ3v) is 3.41. The number of likely N-dealkylation sites (tertiary alicyclic amines) is 1. The molecule has 0 saturated carbocycles. The van der Waals surface area contributed by atoms with Crippen LogP contribution in [-0.2, 0) is 4.79 Å². The predicted molar refractivity (Wildman–Crippen MR) is 66.0 cm³/mol. The first kappa shape index (κ1) is 12.4. The Morgan fingerprint density at radius 2 is 2.17 bits per heavy atom. The van der Waals surface area contributed by atoms with E-state index in [9.17, 15) is 14.7 Å². The molecular formula is C13H16N2O3. The number of carbonyl (C=O) groups excluding carboxylic acids is 2. The van der Waals surface area contributed by atoms with Gasteiger partial charge in [-0.25, -0.2) is 0 Å². The Hall–Kier alpha value is -2.04. The van der Waals surface area contributed by atoms with Crippen molar-refractivity contribution in [1.82, 2.24) is 4.90 Å². The van der Waals surface area contributed by atoms with Gasteiger partial charge in [0.25, 0.3) is 5.91 Å². The Labute approximate surface area is 105 Å². The number of amides is 2. The second-order valence-electron chi connectivity index (χ2n) is 4.59. The van der Waals surface area contributed by atoms with Crippen LogP contribution in [-0.4, -0.2) is 34.9 Å². The largest absolute Gasteiger partial charge is 0.508 e. The van der Waals surface area contributed by atoms with Crippen molar-refractivity contribution in [2.24, 2.45) is 11.7 Å². The van der Waals surface area contributed by atoms with Crippen molar-refractivity contribution in [3.63, 3.8) is 0 Å². The van der Waals surface area contributed by atoms with Gasteiger partial charge in [0.15, 0.2) is 0 Å². The molecular weight excluding hydrogens is 232 g/mol. The minimum Gasteiger partial charge on any atom is -0.508 e. The van der Waals surface area contributed by atoms with Crippen LogP contribution < -0.4 is 5.73 Å². The summed E-state index contributed by atoms with van der Waals surface area (Å²) in [5.41, 5.74) is 6.27. The second-order valence-corrected chi connectivity index (χ2v) is 4.59. The van der Waals surface area contributed by atoms with Crippen molar-refractivity contribution in [3.05, 3.63) is 29.3 Å². The first-order valence-corrected chi connectivity index (χ1v) is 5.88. The van der Waals surface area contributed by atoms with Crippen LogP contribution in [0.1, 0.15) is 22.3 Å². The van der Waals surface area contributed by atoms with Gasteiger partial charge in [0.2, 0.25) is 5.91 Å². The van der Waals surface area contributed by atoms with Crippen LogP contribution in [0.4, 0.5) is 0 Å². The van der Waals surface area contributed by atoms with Gasteiger partial charge in [-0.2, -0.15) is 0 Å². The van der Waals surface area contributed by atoms with E-state index in [4.69, 9.17) is 5.73 Å². The number of hydrogen-bond acceptors (Lipinski definition) is 3. The Morgan fingerprint density at radius 3 is 2.78 bits per heavy atom. The fourth-order valence-corrected chi connectivity index (χ4v) is 2.20. The zero-order valence-corrected chi connectivity index (χ0v) is 10.2. The monoisotopic (exact) mass is 248 g/mol. The molecule has 1 atom stereocenters. The van der Waals surface area contributed by atoms with Gasteiger partial charge in [-0.1, -0.05) is 6.07 Å². The Kier molecular flexibility index (Phi) is 3.23. The molecule has 96 valence electrons. The number of nitrogens with two attached hydrogens (primary N) is 1. The zero-order chi connectivity index (χ0) is 13.3. The second kappa shape index (κ2) is 4.68. The summed E-state index contributed by atoms with van der Waals surface area (Å²) in [7, 11) is 0. The molecule has 1 aliphatic rings. The third-order valence-electron chi connectivity index (χ3n) is 3.41. The van der Waals surface area contributed by atoms with Gasteiger partial charge in [-0.3, -0.25) is 9.59 Å². The van der Waals surface area contributed by atoms with Crippen LogP contribution in [0, 0.1) is 12.8 Å². The number of hydrogen-bond donors (Lipinski definition) is 2. The molecule has 0 radical (unpaired) electrons. The van der Waals surface area contributed by atoms with Gasteiger partial charge in [0.05, 0.1) is 5.92 Å². The zero-order valence-electron chi connectivity index (χ0n) is 10.2. The molecule has 0 aromatic heterocycles. The minimum absolute atomic E-state index is 0.103. The van der Waals surface area contributed by atoms with E-state index in [1.807, 2.05) is 0 Å². The number of carbonyl (C=O) groups is 2. The number of phenolic OH excluding ortho intramolecular Hbond substituents is 1. The topological polar surface area (TPSA) is 83.6 Å². The normalized spacial score (nSPS) is 18.9. The molecule has 1 aromatic carbocycles. The standard InChI is InChI=1S/C13H16N2O3/c1-8-10(3-2-4-11(8)16)13(18)15-6-5-9(7-15)12(14)17/h2-4,9,16H,5-7H2,1H3,(H2,14,17). The van der Waals surface area contributed by atoms with Crippen LogP contribution in [0.5, 0.6) is 5.75 Å². The molecule has 0 spiro atoms. The lowest BCUT2D eigenvalue weighted by Gasteiger charge is -2.17. The summed E-state index contributed by atoms with van der Waals surface area (Å²) < 4.78 is 0. The highest BCUT2D eigenvalue weighted by molar-refractivity contribution is 5.96. The maximum absolute atomic E-state index is 12.3. The summed E-state index contributed by atoms with van der Waals surface area (Å²) in [4.78, 5) is 24.9. The average molecular weight is 248 g/mol. The fraction of sp³-hybridized carbons (Fsp3) is 0.385. The van der Waals surface area contributed by atoms with Crippen molar-refractivity contribution < 1.29 is 14.7 Å². The van der Waals surface area contributed by atoms with Gasteiger partial charge < -0.3 is 15.7 Å². The minimum atomic E-state index is -0.363. The molecule has 18 heavy (non-hydrogen) atoms. The quantitative estimate of drug-likeness (QED) is 0.806. The number of rotatable bonds is 2. The number of aromatic hydroxyl groups is 1. The maximum atomic E-state index is 12.3. The van der Waals surface area contributed by atoms with Gasteiger partial charge in [-0.05, 0) is 25.5 Å². The van der Waals surface area contributed by atoms with Crippen molar-refractivity contribution >= 4 is 11.8 Å². The maximum Gasteiger partial charge on any atom is 0.254 e. The smallest absolute Gasteiger partial charge is 0.254 e. The molecule has 1 aromatic rings. The summed E-state index contributed by atoms with van der Waals surface area (Å²) in [6.07, 6.45) is 0.610. The summed E-state index contributed by atoms with van der Waals surface area (Å²) >= 11 is 0. The van der Waals surface area contributed by atoms with E-state index in [-0.39, 0.29) is 23.5 Å². The van der Waals surface area contributed by atoms with Crippen molar-refractivity contribution in [2.45, 2.75) is 13.3 Å². The van der Waals surface area contributed by atoms with Crippen LogP contribution in [0.15, 0.2) is 18.2 Å². The molecule has 1 aliphatic heterocycles. The van der Waals surface area contributed by atoms with Crippen LogP contribution in [0.2, 0.25) is 0 Å². The number of benzene rings is 1. The lowest BCUT2D eigenvalue weighted by Crippen LogP contribution is -2.32. The van der Waals surface area contributed by atoms with Crippen LogP contribution in [0.3, 0.4) is 0 Å². The molecule has 5 heteroatoms. The summed E-state index contributed by atoms with van der Waals surface area (Å²) in [6, 6.07) is 4.86. The molecule has 1 saturated heterocycles. The van der Waals surface area contributed by atoms with Crippen LogP contribution in [0.25, 0.3) is 0 Å². The molecule has 0 aliphatic carbocycles. The summed E-state index contributed by atoms with van der Waals surface area (Å²) in [5.74, 6) is -0.678. The molecule has 1 fully saturated rings. The van der Waals surface area contributed by atoms with E-state index in [2.05, 4.69) is 0 Å². The van der Waals surface area contributed by atoms with E-state index >= 15 is 0 Å². The highest BCUT2D eigenvalue weighted by atomic mass is 16.3. The average Bonchev–Trinajstić information content (AvgIpc) is 2.81. The molecule has 2 rings (SSSR count). The number of nitrogens with zero attached hydrogens (tertiary/aromatic N) is 1. The first-order valence-electron chi connectivity index (χ1n) is 5.88. The van der Waals surface area contributed by atoms with Crippen LogP contribution >= 0.6 is 0 Å². The SMILES string of the molecule is Cc1c(O)cccc1C(=O)N1CCC(C(N)=O)C1. The number of primary amides is 1. The lowest BCUT2D eigenvalue weighted by atomic mass is 10.1. The predicted octanol–water partition coefficient (Wildman–Crippen LogP) is 0.648. The van der Waals surface area contributed by atoms with Crippen molar-refractivity contribution in [3.8, 4) is 5.75 Å². The van der Waals surface area contributed by atoms with Gasteiger partial charge >= 0.3 is 0 Å². The Morgan fingerprint density at radius 1 is 1.44 bits per heavy atom.